The summed E-state index contributed by atoms with van der Waals surface area (Å²) in [5.41, 5.74) is 1.20. The van der Waals surface area contributed by atoms with Crippen molar-refractivity contribution >= 4 is 5.91 Å². The Balaban J connectivity index is 1.90. The first kappa shape index (κ1) is 16.1. The van der Waals surface area contributed by atoms with E-state index in [-0.39, 0.29) is 11.8 Å². The van der Waals surface area contributed by atoms with Crippen molar-refractivity contribution in [3.63, 3.8) is 0 Å². The smallest absolute Gasteiger partial charge is 0.225 e. The van der Waals surface area contributed by atoms with Crippen LogP contribution in [0.15, 0.2) is 16.7 Å². The quantitative estimate of drug-likeness (QED) is 0.907. The number of amides is 1. The van der Waals surface area contributed by atoms with Crippen LogP contribution >= 0.6 is 0 Å². The minimum Gasteiger partial charge on any atom is -0.468 e. The van der Waals surface area contributed by atoms with Crippen molar-refractivity contribution in [1.29, 1.82) is 0 Å². The molecular weight excluding hydrogens is 264 g/mol. The topological polar surface area (TPSA) is 45.5 Å². The number of hydrogen-bond acceptors (Lipinski definition) is 3. The highest BCUT2D eigenvalue weighted by Gasteiger charge is 2.30. The molecule has 1 amide bonds. The Labute approximate surface area is 127 Å². The summed E-state index contributed by atoms with van der Waals surface area (Å²) in [7, 11) is 0. The molecule has 0 unspecified atom stereocenters. The summed E-state index contributed by atoms with van der Waals surface area (Å²) in [5.74, 6) is 1.92. The molecule has 0 saturated carbocycles. The largest absolute Gasteiger partial charge is 0.468 e. The van der Waals surface area contributed by atoms with Gasteiger partial charge in [-0.25, -0.2) is 0 Å². The van der Waals surface area contributed by atoms with E-state index < -0.39 is 0 Å². The zero-order chi connectivity index (χ0) is 15.4. The van der Waals surface area contributed by atoms with Gasteiger partial charge in [-0.15, -0.1) is 0 Å². The third kappa shape index (κ3) is 3.88. The van der Waals surface area contributed by atoms with E-state index >= 15 is 0 Å². The van der Waals surface area contributed by atoms with Crippen molar-refractivity contribution in [1.82, 2.24) is 10.2 Å². The lowest BCUT2D eigenvalue weighted by molar-refractivity contribution is -0.136. The van der Waals surface area contributed by atoms with Gasteiger partial charge in [0.05, 0.1) is 12.8 Å². The highest BCUT2D eigenvalue weighted by atomic mass is 16.3. The molecule has 1 aliphatic heterocycles. The Kier molecular flexibility index (Phi) is 5.45. The molecule has 0 spiro atoms. The maximum Gasteiger partial charge on any atom is 0.225 e. The molecule has 0 radical (unpaired) electrons. The predicted molar refractivity (Wildman–Crippen MR) is 83.9 cm³/mol. The maximum absolute atomic E-state index is 12.1. The van der Waals surface area contributed by atoms with Crippen molar-refractivity contribution in [3.8, 4) is 0 Å². The molecule has 4 heteroatoms. The Morgan fingerprint density at radius 1 is 1.52 bits per heavy atom. The second kappa shape index (κ2) is 7.12. The van der Waals surface area contributed by atoms with Crippen LogP contribution in [0.1, 0.15) is 44.9 Å². The zero-order valence-electron chi connectivity index (χ0n) is 13.7. The summed E-state index contributed by atoms with van der Waals surface area (Å²) in [5, 5.41) is 3.62. The summed E-state index contributed by atoms with van der Waals surface area (Å²) >= 11 is 0. The molecule has 118 valence electrons. The van der Waals surface area contributed by atoms with Crippen LogP contribution in [-0.4, -0.2) is 29.9 Å². The lowest BCUT2D eigenvalue weighted by atomic mass is 9.89. The molecular formula is C17H28N2O2. The average molecular weight is 292 g/mol. The molecule has 0 aromatic carbocycles. The van der Waals surface area contributed by atoms with E-state index in [4.69, 9.17) is 4.42 Å². The Bertz CT molecular complexity index is 467. The van der Waals surface area contributed by atoms with Crippen LogP contribution in [0.5, 0.6) is 0 Å². The Hall–Kier alpha value is -1.29. The summed E-state index contributed by atoms with van der Waals surface area (Å²) in [6.45, 7) is 10.8. The van der Waals surface area contributed by atoms with Gasteiger partial charge in [-0.2, -0.15) is 0 Å². The molecule has 1 aliphatic rings. The van der Waals surface area contributed by atoms with Gasteiger partial charge in [0.25, 0.3) is 0 Å². The Morgan fingerprint density at radius 2 is 2.29 bits per heavy atom. The second-order valence-electron chi connectivity index (χ2n) is 6.41. The van der Waals surface area contributed by atoms with E-state index in [1.807, 2.05) is 24.8 Å². The highest BCUT2D eigenvalue weighted by molar-refractivity contribution is 5.78. The summed E-state index contributed by atoms with van der Waals surface area (Å²) < 4.78 is 5.49. The van der Waals surface area contributed by atoms with Gasteiger partial charge in [0.1, 0.15) is 5.76 Å². The van der Waals surface area contributed by atoms with Crippen molar-refractivity contribution in [2.75, 3.05) is 13.1 Å². The fourth-order valence-corrected chi connectivity index (χ4v) is 3.09. The molecule has 21 heavy (non-hydrogen) atoms. The number of nitrogens with zero attached hydrogens (tertiary/aromatic N) is 1. The number of carbonyl (C=O) groups excluding carboxylic acids is 1. The molecule has 4 nitrogen and oxygen atoms in total. The van der Waals surface area contributed by atoms with Crippen LogP contribution in [0.2, 0.25) is 0 Å². The predicted octanol–water partition coefficient (Wildman–Crippen LogP) is 2.96. The number of hydrogen-bond donors (Lipinski definition) is 1. The second-order valence-corrected chi connectivity index (χ2v) is 6.41. The number of rotatable bonds is 5. The number of carbonyl (C=O) groups is 1. The summed E-state index contributed by atoms with van der Waals surface area (Å²) in [4.78, 5) is 14.2. The van der Waals surface area contributed by atoms with E-state index in [0.717, 1.165) is 38.2 Å². The summed E-state index contributed by atoms with van der Waals surface area (Å²) in [6, 6.07) is 2.47. The van der Waals surface area contributed by atoms with Gasteiger partial charge in [0.15, 0.2) is 0 Å². The molecule has 1 saturated heterocycles. The van der Waals surface area contributed by atoms with E-state index in [2.05, 4.69) is 19.2 Å². The lowest BCUT2D eigenvalue weighted by Gasteiger charge is -2.39. The maximum atomic E-state index is 12.1. The van der Waals surface area contributed by atoms with Crippen molar-refractivity contribution < 1.29 is 9.21 Å². The minimum absolute atomic E-state index is 0.0952. The van der Waals surface area contributed by atoms with E-state index in [9.17, 15) is 4.79 Å². The van der Waals surface area contributed by atoms with E-state index in [0.29, 0.717) is 12.0 Å². The van der Waals surface area contributed by atoms with Crippen LogP contribution in [0.4, 0.5) is 0 Å². The Morgan fingerprint density at radius 3 is 2.86 bits per heavy atom. The standard InChI is InChI=1S/C17H28N2O2/c1-5-14-11-19(17(20)12(2)3)8-6-15(14)18-10-16-13(4)7-9-21-16/h7,9,12,14-15,18H,5-6,8,10-11H2,1-4H3/t14-,15-/m0/s1. The third-order valence-electron chi connectivity index (χ3n) is 4.56. The van der Waals surface area contributed by atoms with E-state index in [1.165, 1.54) is 5.56 Å². The highest BCUT2D eigenvalue weighted by Crippen LogP contribution is 2.22. The van der Waals surface area contributed by atoms with Crippen LogP contribution in [-0.2, 0) is 11.3 Å². The number of piperidine rings is 1. The van der Waals surface area contributed by atoms with Crippen LogP contribution in [0, 0.1) is 18.8 Å². The molecule has 0 aliphatic carbocycles. The van der Waals surface area contributed by atoms with Gasteiger partial charge in [-0.1, -0.05) is 27.2 Å². The third-order valence-corrected chi connectivity index (χ3v) is 4.56. The van der Waals surface area contributed by atoms with Gasteiger partial charge in [0, 0.05) is 25.0 Å². The molecule has 0 bridgehead atoms. The molecule has 1 N–H and O–H groups in total. The lowest BCUT2D eigenvalue weighted by Crippen LogP contribution is -2.51. The minimum atomic E-state index is 0.0952. The average Bonchev–Trinajstić information content (AvgIpc) is 2.89. The van der Waals surface area contributed by atoms with Crippen molar-refractivity contribution in [2.45, 2.75) is 53.1 Å². The van der Waals surface area contributed by atoms with Gasteiger partial charge >= 0.3 is 0 Å². The van der Waals surface area contributed by atoms with Crippen molar-refractivity contribution in [2.24, 2.45) is 11.8 Å². The number of aryl methyl sites for hydroxylation is 1. The van der Waals surface area contributed by atoms with Crippen LogP contribution in [0.25, 0.3) is 0 Å². The molecule has 1 fully saturated rings. The van der Waals surface area contributed by atoms with Gasteiger partial charge in [0.2, 0.25) is 5.91 Å². The van der Waals surface area contributed by atoms with Gasteiger partial charge in [-0.05, 0) is 30.9 Å². The molecule has 1 aromatic rings. The molecule has 2 rings (SSSR count). The summed E-state index contributed by atoms with van der Waals surface area (Å²) in [6.07, 6.45) is 3.86. The molecule has 1 aromatic heterocycles. The number of furan rings is 1. The number of nitrogens with one attached hydrogen (secondary N) is 1. The SMILES string of the molecule is CC[C@H]1CN(C(=O)C(C)C)CC[C@@H]1NCc1occc1C. The first-order valence-electron chi connectivity index (χ1n) is 8.08. The van der Waals surface area contributed by atoms with Crippen molar-refractivity contribution in [3.05, 3.63) is 23.7 Å². The zero-order valence-corrected chi connectivity index (χ0v) is 13.7. The fourth-order valence-electron chi connectivity index (χ4n) is 3.09. The van der Waals surface area contributed by atoms with Gasteiger partial charge < -0.3 is 14.6 Å². The number of likely N-dealkylation sites (tertiary alicyclic amines) is 1. The van der Waals surface area contributed by atoms with Crippen LogP contribution in [0.3, 0.4) is 0 Å². The van der Waals surface area contributed by atoms with Crippen LogP contribution < -0.4 is 5.32 Å². The monoisotopic (exact) mass is 292 g/mol. The first-order valence-corrected chi connectivity index (χ1v) is 8.08. The first-order chi connectivity index (χ1) is 10.0. The fraction of sp³-hybridized carbons (Fsp3) is 0.706. The van der Waals surface area contributed by atoms with Gasteiger partial charge in [-0.3, -0.25) is 4.79 Å². The van der Waals surface area contributed by atoms with E-state index in [1.54, 1.807) is 6.26 Å². The molecule has 2 atom stereocenters. The molecule has 2 heterocycles. The normalized spacial score (nSPS) is 22.8.